The molecule has 92 valence electrons. The van der Waals surface area contributed by atoms with Crippen molar-refractivity contribution in [2.75, 3.05) is 25.5 Å². The highest BCUT2D eigenvalue weighted by Crippen LogP contribution is 2.29. The van der Waals surface area contributed by atoms with E-state index in [0.29, 0.717) is 5.56 Å². The monoisotopic (exact) mass is 233 g/mol. The molecule has 4 nitrogen and oxygen atoms in total. The summed E-state index contributed by atoms with van der Waals surface area (Å²) < 4.78 is 0. The van der Waals surface area contributed by atoms with Gasteiger partial charge in [0.15, 0.2) is 0 Å². The second-order valence-corrected chi connectivity index (χ2v) is 5.32. The average molecular weight is 233 g/mol. The lowest BCUT2D eigenvalue weighted by Crippen LogP contribution is -2.30. The van der Waals surface area contributed by atoms with Crippen molar-refractivity contribution in [3.63, 3.8) is 0 Å². The number of hydrogen-bond acceptors (Lipinski definition) is 3. The number of carbonyl (C=O) groups is 1. The van der Waals surface area contributed by atoms with Crippen molar-refractivity contribution in [1.82, 2.24) is 9.88 Å². The molecule has 1 aromatic rings. The summed E-state index contributed by atoms with van der Waals surface area (Å²) in [5.41, 5.74) is 0.912. The van der Waals surface area contributed by atoms with Crippen LogP contribution in [0, 0.1) is 5.41 Å². The number of pyridine rings is 1. The number of carbonyl (C=O) groups excluding carboxylic acids is 1. The van der Waals surface area contributed by atoms with E-state index in [1.165, 1.54) is 0 Å². The first kappa shape index (κ1) is 11.9. The zero-order valence-corrected chi connectivity index (χ0v) is 10.7. The summed E-state index contributed by atoms with van der Waals surface area (Å²) in [5.74, 6) is 0.869. The van der Waals surface area contributed by atoms with E-state index in [4.69, 9.17) is 0 Å². The normalized spacial score (nSPS) is 18.2. The van der Waals surface area contributed by atoms with Gasteiger partial charge in [0.1, 0.15) is 5.82 Å². The molecule has 0 radical (unpaired) electrons. The van der Waals surface area contributed by atoms with Gasteiger partial charge in [-0.1, -0.05) is 13.8 Å². The Morgan fingerprint density at radius 3 is 2.71 bits per heavy atom. The second kappa shape index (κ2) is 4.35. The van der Waals surface area contributed by atoms with E-state index < -0.39 is 0 Å². The summed E-state index contributed by atoms with van der Waals surface area (Å²) in [7, 11) is 1.81. The molecule has 1 aromatic heterocycles. The van der Waals surface area contributed by atoms with Gasteiger partial charge in [-0.3, -0.25) is 4.79 Å². The summed E-state index contributed by atoms with van der Waals surface area (Å²) in [6, 6.07) is 3.65. The van der Waals surface area contributed by atoms with E-state index in [1.54, 1.807) is 6.20 Å². The number of nitrogens with zero attached hydrogens (tertiary/aromatic N) is 2. The molecule has 0 aromatic carbocycles. The lowest BCUT2D eigenvalue weighted by Gasteiger charge is -2.19. The Balaban J connectivity index is 2.09. The molecular formula is C13H19N3O. The van der Waals surface area contributed by atoms with Crippen LogP contribution < -0.4 is 5.32 Å². The van der Waals surface area contributed by atoms with E-state index in [1.807, 2.05) is 24.1 Å². The molecule has 0 atom stereocenters. The maximum atomic E-state index is 12.2. The summed E-state index contributed by atoms with van der Waals surface area (Å²) in [4.78, 5) is 18.3. The lowest BCUT2D eigenvalue weighted by molar-refractivity contribution is 0.0778. The van der Waals surface area contributed by atoms with E-state index in [9.17, 15) is 4.79 Å². The highest BCUT2D eigenvalue weighted by molar-refractivity contribution is 5.94. The van der Waals surface area contributed by atoms with Crippen LogP contribution in [0.25, 0.3) is 0 Å². The maximum Gasteiger partial charge on any atom is 0.255 e. The fourth-order valence-corrected chi connectivity index (χ4v) is 2.14. The zero-order chi connectivity index (χ0) is 12.5. The quantitative estimate of drug-likeness (QED) is 0.849. The third kappa shape index (κ3) is 2.57. The molecule has 1 N–H and O–H groups in total. The molecule has 2 rings (SSSR count). The highest BCUT2D eigenvalue weighted by atomic mass is 16.2. The maximum absolute atomic E-state index is 12.2. The molecule has 1 fully saturated rings. The Morgan fingerprint density at radius 1 is 1.47 bits per heavy atom. The van der Waals surface area contributed by atoms with Crippen molar-refractivity contribution in [2.24, 2.45) is 5.41 Å². The Morgan fingerprint density at radius 2 is 2.24 bits per heavy atom. The van der Waals surface area contributed by atoms with E-state index in [-0.39, 0.29) is 11.3 Å². The van der Waals surface area contributed by atoms with Crippen LogP contribution in [-0.2, 0) is 0 Å². The van der Waals surface area contributed by atoms with Gasteiger partial charge >= 0.3 is 0 Å². The number of amides is 1. The lowest BCUT2D eigenvalue weighted by atomic mass is 9.93. The predicted molar refractivity (Wildman–Crippen MR) is 68.1 cm³/mol. The Bertz CT molecular complexity index is 411. The van der Waals surface area contributed by atoms with Crippen molar-refractivity contribution in [2.45, 2.75) is 20.3 Å². The number of aromatic nitrogens is 1. The molecule has 17 heavy (non-hydrogen) atoms. The molecule has 0 spiro atoms. The molecule has 0 saturated carbocycles. The van der Waals surface area contributed by atoms with Crippen molar-refractivity contribution in [3.05, 3.63) is 23.9 Å². The predicted octanol–water partition coefficient (Wildman–Crippen LogP) is 2.00. The van der Waals surface area contributed by atoms with E-state index in [2.05, 4.69) is 24.1 Å². The number of hydrogen-bond donors (Lipinski definition) is 1. The van der Waals surface area contributed by atoms with Crippen molar-refractivity contribution in [3.8, 4) is 0 Å². The van der Waals surface area contributed by atoms with Gasteiger partial charge in [-0.2, -0.15) is 0 Å². The van der Waals surface area contributed by atoms with Crippen LogP contribution in [0.1, 0.15) is 30.6 Å². The molecule has 2 heterocycles. The standard InChI is InChI=1S/C13H19N3O/c1-13(2)6-7-16(9-13)12(17)10-4-5-11(14-3)15-8-10/h4-5,8H,6-7,9H2,1-3H3,(H,14,15). The molecule has 0 aliphatic carbocycles. The molecule has 1 amide bonds. The first-order chi connectivity index (χ1) is 8.02. The topological polar surface area (TPSA) is 45.2 Å². The summed E-state index contributed by atoms with van der Waals surface area (Å²) >= 11 is 0. The Kier molecular flexibility index (Phi) is 3.05. The molecule has 0 unspecified atom stereocenters. The summed E-state index contributed by atoms with van der Waals surface area (Å²) in [5, 5.41) is 2.94. The fraction of sp³-hybridized carbons (Fsp3) is 0.538. The van der Waals surface area contributed by atoms with Crippen LogP contribution in [-0.4, -0.2) is 35.9 Å². The van der Waals surface area contributed by atoms with Gasteiger partial charge < -0.3 is 10.2 Å². The Hall–Kier alpha value is -1.58. The molecule has 1 saturated heterocycles. The van der Waals surface area contributed by atoms with Crippen LogP contribution in [0.2, 0.25) is 0 Å². The molecule has 1 aliphatic rings. The van der Waals surface area contributed by atoms with Crippen LogP contribution in [0.5, 0.6) is 0 Å². The van der Waals surface area contributed by atoms with Gasteiger partial charge in [0.2, 0.25) is 0 Å². The minimum absolute atomic E-state index is 0.0886. The van der Waals surface area contributed by atoms with Crippen LogP contribution in [0.15, 0.2) is 18.3 Å². The largest absolute Gasteiger partial charge is 0.373 e. The van der Waals surface area contributed by atoms with Gasteiger partial charge in [-0.05, 0) is 24.0 Å². The minimum atomic E-state index is 0.0886. The average Bonchev–Trinajstić information content (AvgIpc) is 2.69. The van der Waals surface area contributed by atoms with Crippen molar-refractivity contribution >= 4 is 11.7 Å². The van der Waals surface area contributed by atoms with Gasteiger partial charge in [0, 0.05) is 26.3 Å². The highest BCUT2D eigenvalue weighted by Gasteiger charge is 2.32. The Labute approximate surface area is 102 Å². The van der Waals surface area contributed by atoms with Crippen LogP contribution in [0.4, 0.5) is 5.82 Å². The second-order valence-electron chi connectivity index (χ2n) is 5.32. The first-order valence-electron chi connectivity index (χ1n) is 5.95. The van der Waals surface area contributed by atoms with Crippen molar-refractivity contribution < 1.29 is 4.79 Å². The first-order valence-corrected chi connectivity index (χ1v) is 5.95. The van der Waals surface area contributed by atoms with Crippen molar-refractivity contribution in [1.29, 1.82) is 0 Å². The molecule has 4 heteroatoms. The number of rotatable bonds is 2. The number of likely N-dealkylation sites (tertiary alicyclic amines) is 1. The minimum Gasteiger partial charge on any atom is -0.373 e. The summed E-state index contributed by atoms with van der Waals surface area (Å²) in [6.45, 7) is 6.07. The molecular weight excluding hydrogens is 214 g/mol. The zero-order valence-electron chi connectivity index (χ0n) is 10.7. The smallest absolute Gasteiger partial charge is 0.255 e. The summed E-state index contributed by atoms with van der Waals surface area (Å²) in [6.07, 6.45) is 2.71. The molecule has 0 bridgehead atoms. The van der Waals surface area contributed by atoms with Gasteiger partial charge in [-0.15, -0.1) is 0 Å². The van der Waals surface area contributed by atoms with Crippen LogP contribution in [0.3, 0.4) is 0 Å². The van der Waals surface area contributed by atoms with E-state index >= 15 is 0 Å². The fourth-order valence-electron chi connectivity index (χ4n) is 2.14. The van der Waals surface area contributed by atoms with Gasteiger partial charge in [-0.25, -0.2) is 4.98 Å². The van der Waals surface area contributed by atoms with Crippen LogP contribution >= 0.6 is 0 Å². The van der Waals surface area contributed by atoms with Gasteiger partial charge in [0.05, 0.1) is 5.56 Å². The third-order valence-electron chi connectivity index (χ3n) is 3.23. The number of anilines is 1. The number of nitrogens with one attached hydrogen (secondary N) is 1. The van der Waals surface area contributed by atoms with E-state index in [0.717, 1.165) is 25.3 Å². The van der Waals surface area contributed by atoms with Gasteiger partial charge in [0.25, 0.3) is 5.91 Å². The molecule has 1 aliphatic heterocycles. The third-order valence-corrected chi connectivity index (χ3v) is 3.23. The SMILES string of the molecule is CNc1ccc(C(=O)N2CCC(C)(C)C2)cn1.